The number of aliphatic hydroxyl groups is 1. The van der Waals surface area contributed by atoms with Gasteiger partial charge in [0.25, 0.3) is 10.9 Å². The van der Waals surface area contributed by atoms with Gasteiger partial charge in [-0.25, -0.2) is 0 Å². The van der Waals surface area contributed by atoms with Crippen molar-refractivity contribution in [2.45, 2.75) is 6.23 Å². The average molecular weight is 383 g/mol. The lowest BCUT2D eigenvalue weighted by atomic mass is 10.1. The van der Waals surface area contributed by atoms with Crippen molar-refractivity contribution < 1.29 is 14.9 Å². The molecule has 0 aliphatic heterocycles. The molecule has 3 aromatic rings. The molecule has 28 heavy (non-hydrogen) atoms. The molecule has 0 radical (unpaired) electrons. The van der Waals surface area contributed by atoms with Gasteiger partial charge in [0.2, 0.25) is 0 Å². The fourth-order valence-corrected chi connectivity index (χ4v) is 2.76. The molecule has 1 atom stereocenters. The summed E-state index contributed by atoms with van der Waals surface area (Å²) >= 11 is 0. The normalized spacial score (nSPS) is 12.2. The first-order valence-corrected chi connectivity index (χ1v) is 8.51. The van der Waals surface area contributed by atoms with E-state index in [1.165, 1.54) is 12.0 Å². The lowest BCUT2D eigenvalue weighted by Gasteiger charge is -2.22. The lowest BCUT2D eigenvalue weighted by Crippen LogP contribution is -2.35. The Balaban J connectivity index is 1.91. The van der Waals surface area contributed by atoms with E-state index in [0.29, 0.717) is 11.4 Å². The second kappa shape index (κ2) is 7.71. The zero-order valence-electron chi connectivity index (χ0n) is 15.7. The van der Waals surface area contributed by atoms with Gasteiger partial charge < -0.3 is 25.6 Å². The Hall–Kier alpha value is -3.36. The van der Waals surface area contributed by atoms with Crippen molar-refractivity contribution >= 4 is 22.7 Å². The predicted molar refractivity (Wildman–Crippen MR) is 108 cm³/mol. The number of hydrogen-bond donors (Lipinski definition) is 4. The molecule has 3 rings (SSSR count). The number of phenolic OH excluding ortho intramolecular Hbond substituents is 1. The van der Waals surface area contributed by atoms with Crippen molar-refractivity contribution in [3.8, 4) is 11.5 Å². The van der Waals surface area contributed by atoms with Gasteiger partial charge in [-0.3, -0.25) is 14.5 Å². The third-order valence-electron chi connectivity index (χ3n) is 4.34. The summed E-state index contributed by atoms with van der Waals surface area (Å²) < 4.78 is 5.14. The minimum absolute atomic E-state index is 0.0413. The monoisotopic (exact) mass is 383 g/mol. The van der Waals surface area contributed by atoms with E-state index in [9.17, 15) is 19.8 Å². The Bertz CT molecular complexity index is 1070. The molecule has 0 bridgehead atoms. The SMILES string of the molecule is COc1cccc(Nc2c(Nc3cccc(C(O)N(C)C)c3O)c(=O)c2=O)c1. The molecule has 146 valence electrons. The summed E-state index contributed by atoms with van der Waals surface area (Å²) in [6.45, 7) is 0. The molecule has 0 spiro atoms. The molecule has 1 unspecified atom stereocenters. The quantitative estimate of drug-likeness (QED) is 0.279. The number of nitrogens with one attached hydrogen (secondary N) is 2. The van der Waals surface area contributed by atoms with Crippen LogP contribution in [0.2, 0.25) is 0 Å². The highest BCUT2D eigenvalue weighted by Crippen LogP contribution is 2.35. The Morgan fingerprint density at radius 1 is 1.00 bits per heavy atom. The second-order valence-electron chi connectivity index (χ2n) is 6.47. The number of nitrogens with zero attached hydrogens (tertiary/aromatic N) is 1. The summed E-state index contributed by atoms with van der Waals surface area (Å²) in [6, 6.07) is 11.7. The smallest absolute Gasteiger partial charge is 0.253 e. The van der Waals surface area contributed by atoms with Crippen molar-refractivity contribution in [1.29, 1.82) is 0 Å². The van der Waals surface area contributed by atoms with Crippen LogP contribution < -0.4 is 26.2 Å². The zero-order valence-corrected chi connectivity index (χ0v) is 15.7. The van der Waals surface area contributed by atoms with E-state index in [1.807, 2.05) is 0 Å². The number of ether oxygens (including phenoxy) is 1. The van der Waals surface area contributed by atoms with Crippen LogP contribution in [0.15, 0.2) is 52.1 Å². The van der Waals surface area contributed by atoms with Crippen LogP contribution in [-0.2, 0) is 0 Å². The van der Waals surface area contributed by atoms with Gasteiger partial charge in [-0.05, 0) is 32.3 Å². The van der Waals surface area contributed by atoms with Gasteiger partial charge in [-0.2, -0.15) is 0 Å². The molecule has 4 N–H and O–H groups in total. The first-order chi connectivity index (χ1) is 13.3. The van der Waals surface area contributed by atoms with Crippen LogP contribution in [0.25, 0.3) is 0 Å². The van der Waals surface area contributed by atoms with Crippen LogP contribution in [0, 0.1) is 0 Å². The Morgan fingerprint density at radius 3 is 2.29 bits per heavy atom. The molecule has 0 aliphatic rings. The number of aliphatic hydroxyl groups excluding tert-OH is 1. The number of rotatable bonds is 7. The molecule has 0 fully saturated rings. The van der Waals surface area contributed by atoms with Crippen molar-refractivity contribution in [2.75, 3.05) is 31.8 Å². The molecule has 0 aliphatic carbocycles. The van der Waals surface area contributed by atoms with Crippen molar-refractivity contribution in [2.24, 2.45) is 0 Å². The summed E-state index contributed by atoms with van der Waals surface area (Å²) in [7, 11) is 4.86. The van der Waals surface area contributed by atoms with Crippen molar-refractivity contribution in [1.82, 2.24) is 4.90 Å². The van der Waals surface area contributed by atoms with E-state index in [-0.39, 0.29) is 28.4 Å². The molecule has 0 heterocycles. The first-order valence-electron chi connectivity index (χ1n) is 8.51. The maximum Gasteiger partial charge on any atom is 0.253 e. The fraction of sp³-hybridized carbons (Fsp3) is 0.200. The molecular formula is C20H21N3O5. The number of benzene rings is 2. The zero-order chi connectivity index (χ0) is 20.4. The minimum atomic E-state index is -1.02. The first kappa shape index (κ1) is 19.4. The molecule has 0 saturated carbocycles. The van der Waals surface area contributed by atoms with Gasteiger partial charge in [-0.1, -0.05) is 18.2 Å². The standard InChI is InChI=1S/C20H21N3O5/c1-23(2)20(27)13-8-5-9-14(17(13)24)22-16-15(18(25)19(16)26)21-11-6-4-7-12(10-11)28-3/h4-10,20-22,24,27H,1-3H3. The number of para-hydroxylation sites is 1. The maximum absolute atomic E-state index is 12.1. The van der Waals surface area contributed by atoms with E-state index in [0.717, 1.165) is 0 Å². The number of hydrogen-bond acceptors (Lipinski definition) is 8. The Kier molecular flexibility index (Phi) is 5.34. The van der Waals surface area contributed by atoms with Gasteiger partial charge in [0.15, 0.2) is 0 Å². The topological polar surface area (TPSA) is 111 Å². The summed E-state index contributed by atoms with van der Waals surface area (Å²) in [4.78, 5) is 25.6. The van der Waals surface area contributed by atoms with Crippen LogP contribution in [0.4, 0.5) is 22.7 Å². The van der Waals surface area contributed by atoms with Gasteiger partial charge in [-0.15, -0.1) is 0 Å². The van der Waals surface area contributed by atoms with Crippen LogP contribution in [0.3, 0.4) is 0 Å². The third-order valence-corrected chi connectivity index (χ3v) is 4.34. The molecule has 3 aromatic carbocycles. The lowest BCUT2D eigenvalue weighted by molar-refractivity contribution is 0.0376. The maximum atomic E-state index is 12.1. The number of aromatic hydroxyl groups is 1. The van der Waals surface area contributed by atoms with E-state index in [1.54, 1.807) is 56.6 Å². The van der Waals surface area contributed by atoms with Crippen LogP contribution in [0.5, 0.6) is 11.5 Å². The summed E-state index contributed by atoms with van der Waals surface area (Å²) in [5.74, 6) is 0.394. The van der Waals surface area contributed by atoms with Crippen molar-refractivity contribution in [3.05, 3.63) is 68.5 Å². The van der Waals surface area contributed by atoms with E-state index in [2.05, 4.69) is 10.6 Å². The molecular weight excluding hydrogens is 362 g/mol. The number of anilines is 4. The highest BCUT2D eigenvalue weighted by atomic mass is 16.5. The fourth-order valence-electron chi connectivity index (χ4n) is 2.76. The minimum Gasteiger partial charge on any atom is -0.505 e. The van der Waals surface area contributed by atoms with Crippen LogP contribution in [0.1, 0.15) is 11.8 Å². The molecule has 0 aromatic heterocycles. The number of methoxy groups -OCH3 is 1. The van der Waals surface area contributed by atoms with Crippen molar-refractivity contribution in [3.63, 3.8) is 0 Å². The average Bonchev–Trinajstić information content (AvgIpc) is 2.70. The Labute approximate surface area is 161 Å². The third kappa shape index (κ3) is 3.55. The van der Waals surface area contributed by atoms with E-state index < -0.39 is 17.1 Å². The Morgan fingerprint density at radius 2 is 1.64 bits per heavy atom. The molecule has 8 nitrogen and oxygen atoms in total. The summed E-state index contributed by atoms with van der Waals surface area (Å²) in [5, 5.41) is 26.3. The summed E-state index contributed by atoms with van der Waals surface area (Å²) in [5.41, 5.74) is -0.154. The van der Waals surface area contributed by atoms with Gasteiger partial charge in [0, 0.05) is 17.3 Å². The molecule has 0 amide bonds. The predicted octanol–water partition coefficient (Wildman–Crippen LogP) is 2.04. The largest absolute Gasteiger partial charge is 0.505 e. The van der Waals surface area contributed by atoms with Gasteiger partial charge >= 0.3 is 0 Å². The highest BCUT2D eigenvalue weighted by Gasteiger charge is 2.24. The number of phenols is 1. The van der Waals surface area contributed by atoms with Crippen LogP contribution in [-0.4, -0.2) is 36.3 Å². The second-order valence-corrected chi connectivity index (χ2v) is 6.47. The molecule has 8 heteroatoms. The van der Waals surface area contributed by atoms with Gasteiger partial charge in [0.1, 0.15) is 29.1 Å². The van der Waals surface area contributed by atoms with E-state index >= 15 is 0 Å². The molecule has 0 saturated heterocycles. The summed E-state index contributed by atoms with van der Waals surface area (Å²) in [6.07, 6.45) is -1.02. The van der Waals surface area contributed by atoms with E-state index in [4.69, 9.17) is 4.74 Å². The van der Waals surface area contributed by atoms with Crippen LogP contribution >= 0.6 is 0 Å². The highest BCUT2D eigenvalue weighted by molar-refractivity contribution is 5.83. The van der Waals surface area contributed by atoms with Gasteiger partial charge in [0.05, 0.1) is 12.8 Å².